The van der Waals surface area contributed by atoms with Gasteiger partial charge in [-0.15, -0.1) is 0 Å². The molecular formula is C11H19NO. The normalized spacial score (nSPS) is 37.5. The standard InChI is InChI=1S/C11H19NO/c1-12(2)11(13)10-7-6-8-4-3-5-9(8)10/h8-10H,3-7H2,1-2H3. The predicted molar refractivity (Wildman–Crippen MR) is 52.2 cm³/mol. The van der Waals surface area contributed by atoms with Gasteiger partial charge in [0.2, 0.25) is 5.91 Å². The number of rotatable bonds is 1. The Morgan fingerprint density at radius 1 is 1.15 bits per heavy atom. The molecule has 3 atom stereocenters. The van der Waals surface area contributed by atoms with E-state index in [0.717, 1.165) is 18.3 Å². The summed E-state index contributed by atoms with van der Waals surface area (Å²) in [6.45, 7) is 0. The summed E-state index contributed by atoms with van der Waals surface area (Å²) in [6, 6.07) is 0. The van der Waals surface area contributed by atoms with Gasteiger partial charge in [-0.25, -0.2) is 0 Å². The van der Waals surface area contributed by atoms with Gasteiger partial charge in [0.25, 0.3) is 0 Å². The first kappa shape index (κ1) is 9.04. The van der Waals surface area contributed by atoms with E-state index in [9.17, 15) is 4.79 Å². The molecular weight excluding hydrogens is 162 g/mol. The molecule has 0 N–H and O–H groups in total. The van der Waals surface area contributed by atoms with Crippen molar-refractivity contribution >= 4 is 5.91 Å². The topological polar surface area (TPSA) is 20.3 Å². The van der Waals surface area contributed by atoms with Crippen LogP contribution in [-0.4, -0.2) is 24.9 Å². The third-order valence-electron chi connectivity index (χ3n) is 3.84. The van der Waals surface area contributed by atoms with E-state index in [1.54, 1.807) is 4.90 Å². The third kappa shape index (κ3) is 1.47. The van der Waals surface area contributed by atoms with Crippen LogP contribution in [0.5, 0.6) is 0 Å². The van der Waals surface area contributed by atoms with Gasteiger partial charge in [0.1, 0.15) is 0 Å². The molecule has 2 heteroatoms. The molecule has 74 valence electrons. The van der Waals surface area contributed by atoms with Gasteiger partial charge < -0.3 is 4.90 Å². The molecule has 0 radical (unpaired) electrons. The Bertz CT molecular complexity index is 212. The Hall–Kier alpha value is -0.530. The monoisotopic (exact) mass is 181 g/mol. The molecule has 0 heterocycles. The van der Waals surface area contributed by atoms with E-state index in [4.69, 9.17) is 0 Å². The van der Waals surface area contributed by atoms with Crippen LogP contribution in [0.25, 0.3) is 0 Å². The highest BCUT2D eigenvalue weighted by Crippen LogP contribution is 2.47. The van der Waals surface area contributed by atoms with Gasteiger partial charge in [-0.05, 0) is 31.1 Å². The number of amides is 1. The van der Waals surface area contributed by atoms with Crippen LogP contribution < -0.4 is 0 Å². The molecule has 0 aromatic heterocycles. The number of nitrogens with zero attached hydrogens (tertiary/aromatic N) is 1. The van der Waals surface area contributed by atoms with Gasteiger partial charge in [-0.1, -0.05) is 12.8 Å². The lowest BCUT2D eigenvalue weighted by molar-refractivity contribution is -0.134. The zero-order chi connectivity index (χ0) is 9.42. The zero-order valence-electron chi connectivity index (χ0n) is 8.62. The van der Waals surface area contributed by atoms with E-state index in [1.807, 2.05) is 14.1 Å². The van der Waals surface area contributed by atoms with E-state index < -0.39 is 0 Å². The molecule has 13 heavy (non-hydrogen) atoms. The van der Waals surface area contributed by atoms with E-state index in [-0.39, 0.29) is 0 Å². The van der Waals surface area contributed by atoms with Crippen LogP contribution in [0.1, 0.15) is 32.1 Å². The molecule has 2 saturated carbocycles. The van der Waals surface area contributed by atoms with Crippen LogP contribution in [0.4, 0.5) is 0 Å². The lowest BCUT2D eigenvalue weighted by Crippen LogP contribution is -2.31. The molecule has 0 bridgehead atoms. The summed E-state index contributed by atoms with van der Waals surface area (Å²) in [5.41, 5.74) is 0. The first-order valence-electron chi connectivity index (χ1n) is 5.41. The van der Waals surface area contributed by atoms with Gasteiger partial charge in [-0.2, -0.15) is 0 Å². The maximum atomic E-state index is 11.8. The van der Waals surface area contributed by atoms with Crippen molar-refractivity contribution in [2.45, 2.75) is 32.1 Å². The summed E-state index contributed by atoms with van der Waals surface area (Å²) in [7, 11) is 3.76. The van der Waals surface area contributed by atoms with Crippen molar-refractivity contribution in [3.05, 3.63) is 0 Å². The van der Waals surface area contributed by atoms with Crippen LogP contribution >= 0.6 is 0 Å². The lowest BCUT2D eigenvalue weighted by atomic mass is 9.91. The summed E-state index contributed by atoms with van der Waals surface area (Å²) in [6.07, 6.45) is 6.48. The van der Waals surface area contributed by atoms with Crippen LogP contribution in [0.15, 0.2) is 0 Å². The molecule has 0 aromatic rings. The summed E-state index contributed by atoms with van der Waals surface area (Å²) in [5, 5.41) is 0. The van der Waals surface area contributed by atoms with Gasteiger partial charge in [0.15, 0.2) is 0 Å². The second-order valence-electron chi connectivity index (χ2n) is 4.77. The highest BCUT2D eigenvalue weighted by Gasteiger charge is 2.42. The molecule has 0 aromatic carbocycles. The third-order valence-corrected chi connectivity index (χ3v) is 3.84. The molecule has 1 amide bonds. The van der Waals surface area contributed by atoms with Crippen LogP contribution in [0.2, 0.25) is 0 Å². The minimum absolute atomic E-state index is 0.363. The molecule has 0 saturated heterocycles. The fraction of sp³-hybridized carbons (Fsp3) is 0.909. The predicted octanol–water partition coefficient (Wildman–Crippen LogP) is 1.90. The Morgan fingerprint density at radius 3 is 2.62 bits per heavy atom. The molecule has 0 aliphatic heterocycles. The summed E-state index contributed by atoms with van der Waals surface area (Å²) in [4.78, 5) is 13.6. The average molecular weight is 181 g/mol. The Kier molecular flexibility index (Phi) is 2.31. The SMILES string of the molecule is CN(C)C(=O)C1CCC2CCCC21. The molecule has 0 spiro atoms. The fourth-order valence-electron chi connectivity index (χ4n) is 3.20. The lowest BCUT2D eigenvalue weighted by Gasteiger charge is -2.21. The van der Waals surface area contributed by atoms with Crippen LogP contribution in [0.3, 0.4) is 0 Å². The number of carbonyl (C=O) groups excluding carboxylic acids is 1. The Labute approximate surface area is 80.3 Å². The molecule has 2 nitrogen and oxygen atoms in total. The summed E-state index contributed by atoms with van der Waals surface area (Å²) >= 11 is 0. The van der Waals surface area contributed by atoms with Gasteiger partial charge in [-0.3, -0.25) is 4.79 Å². The first-order chi connectivity index (χ1) is 6.20. The summed E-state index contributed by atoms with van der Waals surface area (Å²) in [5.74, 6) is 2.35. The average Bonchev–Trinajstić information content (AvgIpc) is 2.61. The van der Waals surface area contributed by atoms with E-state index >= 15 is 0 Å². The Balaban J connectivity index is 2.04. The van der Waals surface area contributed by atoms with Gasteiger partial charge in [0, 0.05) is 20.0 Å². The van der Waals surface area contributed by atoms with E-state index in [2.05, 4.69) is 0 Å². The second-order valence-corrected chi connectivity index (χ2v) is 4.77. The zero-order valence-corrected chi connectivity index (χ0v) is 8.62. The molecule has 2 rings (SSSR count). The molecule has 2 aliphatic rings. The smallest absolute Gasteiger partial charge is 0.225 e. The van der Waals surface area contributed by atoms with Crippen molar-refractivity contribution in [3.8, 4) is 0 Å². The largest absolute Gasteiger partial charge is 0.349 e. The van der Waals surface area contributed by atoms with Gasteiger partial charge >= 0.3 is 0 Å². The van der Waals surface area contributed by atoms with E-state index in [0.29, 0.717) is 11.8 Å². The van der Waals surface area contributed by atoms with Gasteiger partial charge in [0.05, 0.1) is 0 Å². The molecule has 2 fully saturated rings. The minimum atomic E-state index is 0.363. The maximum absolute atomic E-state index is 11.8. The highest BCUT2D eigenvalue weighted by molar-refractivity contribution is 5.79. The summed E-state index contributed by atoms with van der Waals surface area (Å²) < 4.78 is 0. The Morgan fingerprint density at radius 2 is 1.92 bits per heavy atom. The number of hydrogen-bond acceptors (Lipinski definition) is 1. The van der Waals surface area contributed by atoms with E-state index in [1.165, 1.54) is 25.7 Å². The quantitative estimate of drug-likeness (QED) is 0.605. The van der Waals surface area contributed by atoms with Crippen molar-refractivity contribution in [1.29, 1.82) is 0 Å². The van der Waals surface area contributed by atoms with Crippen LogP contribution in [-0.2, 0) is 4.79 Å². The highest BCUT2D eigenvalue weighted by atomic mass is 16.2. The number of hydrogen-bond donors (Lipinski definition) is 0. The van der Waals surface area contributed by atoms with Crippen LogP contribution in [0, 0.1) is 17.8 Å². The van der Waals surface area contributed by atoms with Crippen molar-refractivity contribution in [1.82, 2.24) is 4.90 Å². The minimum Gasteiger partial charge on any atom is -0.349 e. The molecule has 3 unspecified atom stereocenters. The number of carbonyl (C=O) groups is 1. The fourth-order valence-corrected chi connectivity index (χ4v) is 3.20. The maximum Gasteiger partial charge on any atom is 0.225 e. The first-order valence-corrected chi connectivity index (χ1v) is 5.41. The van der Waals surface area contributed by atoms with Crippen molar-refractivity contribution < 1.29 is 4.79 Å². The van der Waals surface area contributed by atoms with Crippen molar-refractivity contribution in [3.63, 3.8) is 0 Å². The number of fused-ring (bicyclic) bond motifs is 1. The van der Waals surface area contributed by atoms with Crippen molar-refractivity contribution in [2.75, 3.05) is 14.1 Å². The second kappa shape index (κ2) is 3.32. The molecule has 2 aliphatic carbocycles. The van der Waals surface area contributed by atoms with Crippen molar-refractivity contribution in [2.24, 2.45) is 17.8 Å².